The van der Waals surface area contributed by atoms with Crippen molar-refractivity contribution in [3.8, 4) is 0 Å². The van der Waals surface area contributed by atoms with Crippen molar-refractivity contribution in [2.24, 2.45) is 4.99 Å². The average Bonchev–Trinajstić information content (AvgIpc) is 2.78. The standard InChI is InChI=1S/C7H7N3.C3H8.H2/c1-2-6(8-4-1)7-3-5-9-10-7;1-3-2;/h2-5H,1H2,(H,9,10);3H2,1-2H3;1H. The van der Waals surface area contributed by atoms with E-state index in [9.17, 15) is 0 Å². The molecule has 1 aliphatic heterocycles. The predicted molar refractivity (Wildman–Crippen MR) is 57.8 cm³/mol. The van der Waals surface area contributed by atoms with Crippen LogP contribution in [0.2, 0.25) is 0 Å². The third kappa shape index (κ3) is 2.86. The molecule has 0 radical (unpaired) electrons. The summed E-state index contributed by atoms with van der Waals surface area (Å²) >= 11 is 0. The minimum atomic E-state index is 0. The van der Waals surface area contributed by atoms with Crippen molar-refractivity contribution >= 4 is 11.9 Å². The molecule has 1 aliphatic rings. The summed E-state index contributed by atoms with van der Waals surface area (Å²) in [5.74, 6) is 0. The minimum absolute atomic E-state index is 0. The average molecular weight is 179 g/mol. The molecule has 0 fully saturated rings. The number of rotatable bonds is 1. The Kier molecular flexibility index (Phi) is 3.96. The van der Waals surface area contributed by atoms with E-state index in [1.807, 2.05) is 12.3 Å². The van der Waals surface area contributed by atoms with E-state index in [1.54, 1.807) is 6.20 Å². The molecule has 3 nitrogen and oxygen atoms in total. The van der Waals surface area contributed by atoms with Crippen molar-refractivity contribution in [1.82, 2.24) is 10.2 Å². The Morgan fingerprint density at radius 1 is 1.54 bits per heavy atom. The number of H-pyrrole nitrogens is 1. The van der Waals surface area contributed by atoms with Crippen LogP contribution in [0.15, 0.2) is 23.3 Å². The van der Waals surface area contributed by atoms with Gasteiger partial charge in [0, 0.05) is 20.3 Å². The number of allylic oxidation sites excluding steroid dienone is 1. The lowest BCUT2D eigenvalue weighted by Crippen LogP contribution is -1.77. The molecule has 0 saturated heterocycles. The highest BCUT2D eigenvalue weighted by atomic mass is 15.1. The van der Waals surface area contributed by atoms with E-state index in [-0.39, 0.29) is 1.43 Å². The van der Waals surface area contributed by atoms with Crippen molar-refractivity contribution in [1.29, 1.82) is 0 Å². The lowest BCUT2D eigenvalue weighted by molar-refractivity contribution is 1.07. The van der Waals surface area contributed by atoms with Crippen molar-refractivity contribution < 1.29 is 1.43 Å². The molecule has 1 N–H and O–H groups in total. The van der Waals surface area contributed by atoms with Crippen LogP contribution in [0, 0.1) is 0 Å². The Morgan fingerprint density at radius 2 is 2.31 bits per heavy atom. The second kappa shape index (κ2) is 5.30. The zero-order valence-corrected chi connectivity index (χ0v) is 8.12. The molecule has 0 aliphatic carbocycles. The first kappa shape index (κ1) is 9.71. The van der Waals surface area contributed by atoms with Crippen LogP contribution in [0.1, 0.15) is 33.8 Å². The lowest BCUT2D eigenvalue weighted by atomic mass is 10.3. The predicted octanol–water partition coefficient (Wildman–Crippen LogP) is 2.89. The van der Waals surface area contributed by atoms with Gasteiger partial charge in [0.1, 0.15) is 0 Å². The SMILES string of the molecule is C1=NC(c2ccn[nH]2)=CC1.CCC.[HH]. The normalized spacial score (nSPS) is 13.5. The fraction of sp³-hybridized carbons (Fsp3) is 0.400. The Bertz CT molecular complexity index is 288. The topological polar surface area (TPSA) is 41.0 Å². The molecular weight excluding hydrogens is 162 g/mol. The maximum Gasteiger partial charge on any atom is 0.0840 e. The summed E-state index contributed by atoms with van der Waals surface area (Å²) in [6.45, 7) is 4.25. The third-order valence-electron chi connectivity index (χ3n) is 1.42. The molecule has 72 valence electrons. The summed E-state index contributed by atoms with van der Waals surface area (Å²) in [6.07, 6.45) is 7.86. The van der Waals surface area contributed by atoms with E-state index in [2.05, 4.69) is 35.1 Å². The zero-order valence-electron chi connectivity index (χ0n) is 8.12. The van der Waals surface area contributed by atoms with Crippen LogP contribution in [0.25, 0.3) is 5.70 Å². The van der Waals surface area contributed by atoms with Gasteiger partial charge in [-0.25, -0.2) is 0 Å². The number of aliphatic imine (C=N–C) groups is 1. The molecule has 0 spiro atoms. The van der Waals surface area contributed by atoms with Crippen LogP contribution in [-0.2, 0) is 0 Å². The molecule has 2 rings (SSSR count). The van der Waals surface area contributed by atoms with Gasteiger partial charge in [-0.15, -0.1) is 0 Å². The Hall–Kier alpha value is -1.38. The second-order valence-electron chi connectivity index (χ2n) is 2.81. The van der Waals surface area contributed by atoms with Crippen LogP contribution < -0.4 is 0 Å². The summed E-state index contributed by atoms with van der Waals surface area (Å²) in [4.78, 5) is 4.14. The van der Waals surface area contributed by atoms with Gasteiger partial charge >= 0.3 is 0 Å². The fourth-order valence-electron chi connectivity index (χ4n) is 0.946. The van der Waals surface area contributed by atoms with Crippen molar-refractivity contribution in [3.63, 3.8) is 0 Å². The van der Waals surface area contributed by atoms with E-state index >= 15 is 0 Å². The number of aromatic nitrogens is 2. The highest BCUT2D eigenvalue weighted by Crippen LogP contribution is 2.15. The molecule has 0 unspecified atom stereocenters. The lowest BCUT2D eigenvalue weighted by Gasteiger charge is -1.88. The maximum absolute atomic E-state index is 4.14. The smallest absolute Gasteiger partial charge is 0.0840 e. The Balaban J connectivity index is 0.000000381. The molecule has 0 saturated carbocycles. The summed E-state index contributed by atoms with van der Waals surface area (Å²) in [7, 11) is 0. The molecule has 3 heteroatoms. The van der Waals surface area contributed by atoms with Crippen LogP contribution in [0.3, 0.4) is 0 Å². The number of aromatic amines is 1. The van der Waals surface area contributed by atoms with Crippen LogP contribution in [-0.4, -0.2) is 16.4 Å². The Morgan fingerprint density at radius 3 is 2.77 bits per heavy atom. The van der Waals surface area contributed by atoms with E-state index in [0.717, 1.165) is 17.8 Å². The quantitative estimate of drug-likeness (QED) is 0.707. The molecule has 0 amide bonds. The molecule has 0 aromatic carbocycles. The number of nitrogens with zero attached hydrogens (tertiary/aromatic N) is 2. The van der Waals surface area contributed by atoms with Gasteiger partial charge in [-0.05, 0) is 6.07 Å². The van der Waals surface area contributed by atoms with Crippen molar-refractivity contribution in [2.45, 2.75) is 26.7 Å². The van der Waals surface area contributed by atoms with Gasteiger partial charge in [0.25, 0.3) is 0 Å². The van der Waals surface area contributed by atoms with Gasteiger partial charge < -0.3 is 0 Å². The summed E-state index contributed by atoms with van der Waals surface area (Å²) < 4.78 is 0. The number of nitrogens with one attached hydrogen (secondary N) is 1. The molecule has 2 heterocycles. The highest BCUT2D eigenvalue weighted by molar-refractivity contribution is 5.79. The van der Waals surface area contributed by atoms with Crippen LogP contribution >= 0.6 is 0 Å². The summed E-state index contributed by atoms with van der Waals surface area (Å²) in [5, 5.41) is 6.67. The monoisotopic (exact) mass is 179 g/mol. The summed E-state index contributed by atoms with van der Waals surface area (Å²) in [5.41, 5.74) is 1.99. The van der Waals surface area contributed by atoms with E-state index in [1.165, 1.54) is 6.42 Å². The highest BCUT2D eigenvalue weighted by Gasteiger charge is 2.02. The van der Waals surface area contributed by atoms with E-state index in [0.29, 0.717) is 0 Å². The molecule has 0 atom stereocenters. The first-order valence-corrected chi connectivity index (χ1v) is 4.61. The van der Waals surface area contributed by atoms with Gasteiger partial charge in [0.15, 0.2) is 0 Å². The van der Waals surface area contributed by atoms with E-state index in [4.69, 9.17) is 0 Å². The van der Waals surface area contributed by atoms with Gasteiger partial charge in [-0.2, -0.15) is 5.10 Å². The molecule has 0 bridgehead atoms. The molecule has 1 aromatic rings. The third-order valence-corrected chi connectivity index (χ3v) is 1.42. The second-order valence-corrected chi connectivity index (χ2v) is 2.81. The minimum Gasteiger partial charge on any atom is -0.276 e. The number of hydrogen-bond donors (Lipinski definition) is 1. The summed E-state index contributed by atoms with van der Waals surface area (Å²) in [6, 6.07) is 1.91. The van der Waals surface area contributed by atoms with Gasteiger partial charge in [0.05, 0.1) is 11.4 Å². The molecule has 1 aromatic heterocycles. The largest absolute Gasteiger partial charge is 0.276 e. The molecule has 13 heavy (non-hydrogen) atoms. The first-order valence-electron chi connectivity index (χ1n) is 4.61. The van der Waals surface area contributed by atoms with Gasteiger partial charge in [-0.3, -0.25) is 10.1 Å². The Labute approximate surface area is 80.1 Å². The van der Waals surface area contributed by atoms with E-state index < -0.39 is 0 Å². The van der Waals surface area contributed by atoms with Gasteiger partial charge in [0.2, 0.25) is 0 Å². The van der Waals surface area contributed by atoms with Crippen LogP contribution in [0.4, 0.5) is 0 Å². The van der Waals surface area contributed by atoms with Crippen LogP contribution in [0.5, 0.6) is 0 Å². The van der Waals surface area contributed by atoms with Gasteiger partial charge in [-0.1, -0.05) is 26.3 Å². The maximum atomic E-state index is 4.14. The first-order chi connectivity index (χ1) is 6.38. The zero-order chi connectivity index (χ0) is 9.52. The van der Waals surface area contributed by atoms with Crippen molar-refractivity contribution in [3.05, 3.63) is 24.0 Å². The number of hydrogen-bond acceptors (Lipinski definition) is 2. The van der Waals surface area contributed by atoms with Crippen molar-refractivity contribution in [2.75, 3.05) is 0 Å². The molecular formula is C10H17N3. The fourth-order valence-corrected chi connectivity index (χ4v) is 0.946.